The summed E-state index contributed by atoms with van der Waals surface area (Å²) in [6.07, 6.45) is 0. The predicted octanol–water partition coefficient (Wildman–Crippen LogP) is 2.46. The first-order valence-electron chi connectivity index (χ1n) is 8.88. The number of nitrogens with one attached hydrogen (secondary N) is 2. The molecule has 0 aliphatic carbocycles. The Morgan fingerprint density at radius 1 is 1.21 bits per heavy atom. The summed E-state index contributed by atoms with van der Waals surface area (Å²) in [7, 11) is 1.59. The summed E-state index contributed by atoms with van der Waals surface area (Å²) in [5.41, 5.74) is 1.48. The molecule has 2 aromatic carbocycles. The van der Waals surface area contributed by atoms with E-state index in [-0.39, 0.29) is 25.0 Å². The van der Waals surface area contributed by atoms with Crippen molar-refractivity contribution in [2.24, 2.45) is 0 Å². The number of amides is 3. The van der Waals surface area contributed by atoms with Crippen LogP contribution in [0.1, 0.15) is 11.5 Å². The molecule has 1 aliphatic rings. The Labute approximate surface area is 168 Å². The number of hydrogen-bond acceptors (Lipinski definition) is 4. The van der Waals surface area contributed by atoms with Crippen molar-refractivity contribution in [1.29, 1.82) is 0 Å². The minimum absolute atomic E-state index is 0.134. The molecule has 148 valence electrons. The Hall–Kier alpha value is -2.77. The number of hydrogen-bond donors (Lipinski definition) is 3. The molecule has 1 saturated heterocycles. The number of ether oxygens (including phenoxy) is 1. The van der Waals surface area contributed by atoms with E-state index in [0.29, 0.717) is 23.0 Å². The first-order valence-corrected chi connectivity index (χ1v) is 9.26. The highest BCUT2D eigenvalue weighted by Gasteiger charge is 2.41. The van der Waals surface area contributed by atoms with E-state index in [4.69, 9.17) is 16.3 Å². The van der Waals surface area contributed by atoms with Crippen molar-refractivity contribution in [2.75, 3.05) is 32.1 Å². The van der Waals surface area contributed by atoms with Gasteiger partial charge in [-0.1, -0.05) is 23.7 Å². The zero-order valence-electron chi connectivity index (χ0n) is 15.4. The molecule has 3 rings (SSSR count). The van der Waals surface area contributed by atoms with Gasteiger partial charge in [-0.3, -0.25) is 4.79 Å². The number of urea groups is 1. The third-order valence-electron chi connectivity index (χ3n) is 4.70. The summed E-state index contributed by atoms with van der Waals surface area (Å²) in [5.74, 6) is 0.257. The quantitative estimate of drug-likeness (QED) is 0.691. The highest BCUT2D eigenvalue weighted by molar-refractivity contribution is 6.30. The van der Waals surface area contributed by atoms with E-state index in [2.05, 4.69) is 10.6 Å². The van der Waals surface area contributed by atoms with Gasteiger partial charge in [0.05, 0.1) is 13.7 Å². The summed E-state index contributed by atoms with van der Waals surface area (Å²) in [6, 6.07) is 12.9. The topological polar surface area (TPSA) is 90.9 Å². The van der Waals surface area contributed by atoms with E-state index in [1.165, 1.54) is 0 Å². The molecule has 28 heavy (non-hydrogen) atoms. The first kappa shape index (κ1) is 20.0. The maximum atomic E-state index is 12.8. The SMILES string of the molecule is COc1ccc([C@@H]2CN(CCO)C(=O)[C@H]2NC(=O)Nc2ccc(Cl)cc2)cc1. The van der Waals surface area contributed by atoms with E-state index >= 15 is 0 Å². The zero-order chi connectivity index (χ0) is 20.1. The highest BCUT2D eigenvalue weighted by atomic mass is 35.5. The van der Waals surface area contributed by atoms with Crippen LogP contribution in [-0.4, -0.2) is 54.8 Å². The summed E-state index contributed by atoms with van der Waals surface area (Å²) >= 11 is 5.85. The number of carbonyl (C=O) groups is 2. The molecule has 0 unspecified atom stereocenters. The maximum absolute atomic E-state index is 12.8. The fourth-order valence-electron chi connectivity index (χ4n) is 3.28. The van der Waals surface area contributed by atoms with Crippen LogP contribution < -0.4 is 15.4 Å². The number of rotatable bonds is 6. The van der Waals surface area contributed by atoms with Crippen molar-refractivity contribution in [3.63, 3.8) is 0 Å². The van der Waals surface area contributed by atoms with Gasteiger partial charge in [0, 0.05) is 29.7 Å². The minimum Gasteiger partial charge on any atom is -0.497 e. The van der Waals surface area contributed by atoms with Gasteiger partial charge in [0.15, 0.2) is 0 Å². The van der Waals surface area contributed by atoms with Crippen LogP contribution in [0.5, 0.6) is 5.75 Å². The summed E-state index contributed by atoms with van der Waals surface area (Å²) < 4.78 is 5.18. The largest absolute Gasteiger partial charge is 0.497 e. The van der Waals surface area contributed by atoms with E-state index in [1.54, 1.807) is 36.3 Å². The predicted molar refractivity (Wildman–Crippen MR) is 107 cm³/mol. The van der Waals surface area contributed by atoms with Crippen molar-refractivity contribution in [3.8, 4) is 5.75 Å². The zero-order valence-corrected chi connectivity index (χ0v) is 16.1. The fourth-order valence-corrected chi connectivity index (χ4v) is 3.40. The lowest BCUT2D eigenvalue weighted by molar-refractivity contribution is -0.129. The van der Waals surface area contributed by atoms with Gasteiger partial charge in [0.25, 0.3) is 0 Å². The molecule has 3 amide bonds. The molecule has 0 bridgehead atoms. The van der Waals surface area contributed by atoms with Crippen LogP contribution in [0.15, 0.2) is 48.5 Å². The van der Waals surface area contributed by atoms with Crippen LogP contribution in [-0.2, 0) is 4.79 Å². The molecule has 0 saturated carbocycles. The number of halogens is 1. The number of benzene rings is 2. The maximum Gasteiger partial charge on any atom is 0.319 e. The summed E-state index contributed by atoms with van der Waals surface area (Å²) in [5, 5.41) is 15.3. The van der Waals surface area contributed by atoms with Crippen molar-refractivity contribution < 1.29 is 19.4 Å². The monoisotopic (exact) mass is 403 g/mol. The molecule has 1 heterocycles. The molecule has 2 aromatic rings. The van der Waals surface area contributed by atoms with Crippen molar-refractivity contribution in [3.05, 3.63) is 59.1 Å². The molecule has 1 fully saturated rings. The molecule has 8 heteroatoms. The van der Waals surface area contributed by atoms with Gasteiger partial charge in [-0.2, -0.15) is 0 Å². The van der Waals surface area contributed by atoms with Crippen LogP contribution in [0.3, 0.4) is 0 Å². The Morgan fingerprint density at radius 3 is 2.50 bits per heavy atom. The number of aliphatic hydroxyl groups excluding tert-OH is 1. The number of carbonyl (C=O) groups excluding carboxylic acids is 2. The number of likely N-dealkylation sites (tertiary alicyclic amines) is 1. The van der Waals surface area contributed by atoms with E-state index in [1.807, 2.05) is 24.3 Å². The number of nitrogens with zero attached hydrogens (tertiary/aromatic N) is 1. The van der Waals surface area contributed by atoms with Gasteiger partial charge in [0.2, 0.25) is 5.91 Å². The lowest BCUT2D eigenvalue weighted by atomic mass is 9.94. The van der Waals surface area contributed by atoms with Gasteiger partial charge in [0.1, 0.15) is 11.8 Å². The van der Waals surface area contributed by atoms with Crippen molar-refractivity contribution in [2.45, 2.75) is 12.0 Å². The van der Waals surface area contributed by atoms with Crippen LogP contribution in [0, 0.1) is 0 Å². The molecule has 0 radical (unpaired) electrons. The lowest BCUT2D eigenvalue weighted by Crippen LogP contribution is -2.45. The lowest BCUT2D eigenvalue weighted by Gasteiger charge is -2.19. The van der Waals surface area contributed by atoms with Crippen molar-refractivity contribution in [1.82, 2.24) is 10.2 Å². The third-order valence-corrected chi connectivity index (χ3v) is 4.95. The standard InChI is InChI=1S/C20H22ClN3O4/c1-28-16-8-2-13(3-9-16)17-12-24(10-11-25)19(26)18(17)23-20(27)22-15-6-4-14(21)5-7-15/h2-9,17-18,25H,10-12H2,1H3,(H2,22,23,27)/t17-,18-/m0/s1. The van der Waals surface area contributed by atoms with Crippen LogP contribution in [0.2, 0.25) is 5.02 Å². The molecule has 0 spiro atoms. The van der Waals surface area contributed by atoms with E-state index in [9.17, 15) is 14.7 Å². The summed E-state index contributed by atoms with van der Waals surface area (Å²) in [6.45, 7) is 0.505. The number of aliphatic hydroxyl groups is 1. The average Bonchev–Trinajstić information content (AvgIpc) is 3.00. The number of anilines is 1. The average molecular weight is 404 g/mol. The number of β-amino-alcohol motifs (C(OH)–C–C–N with tert-alkyl or cyclic N) is 1. The van der Waals surface area contributed by atoms with Crippen LogP contribution in [0.4, 0.5) is 10.5 Å². The second kappa shape index (κ2) is 8.95. The number of methoxy groups -OCH3 is 1. The highest BCUT2D eigenvalue weighted by Crippen LogP contribution is 2.30. The summed E-state index contributed by atoms with van der Waals surface area (Å²) in [4.78, 5) is 26.8. The van der Waals surface area contributed by atoms with Crippen molar-refractivity contribution >= 4 is 29.2 Å². The van der Waals surface area contributed by atoms with Gasteiger partial charge in [-0.05, 0) is 42.0 Å². The normalized spacial score (nSPS) is 18.8. The Morgan fingerprint density at radius 2 is 1.89 bits per heavy atom. The third kappa shape index (κ3) is 4.55. The molecule has 2 atom stereocenters. The molecule has 7 nitrogen and oxygen atoms in total. The van der Waals surface area contributed by atoms with E-state index in [0.717, 1.165) is 5.56 Å². The second-order valence-corrected chi connectivity index (χ2v) is 6.91. The first-order chi connectivity index (χ1) is 13.5. The Kier molecular flexibility index (Phi) is 6.38. The molecule has 1 aliphatic heterocycles. The Bertz CT molecular complexity index is 826. The smallest absolute Gasteiger partial charge is 0.319 e. The van der Waals surface area contributed by atoms with Crippen LogP contribution >= 0.6 is 11.6 Å². The van der Waals surface area contributed by atoms with E-state index < -0.39 is 12.1 Å². The molecule has 3 N–H and O–H groups in total. The van der Waals surface area contributed by atoms with Gasteiger partial charge < -0.3 is 25.4 Å². The minimum atomic E-state index is -0.729. The van der Waals surface area contributed by atoms with Gasteiger partial charge >= 0.3 is 6.03 Å². The Balaban J connectivity index is 1.76. The van der Waals surface area contributed by atoms with Crippen LogP contribution in [0.25, 0.3) is 0 Å². The second-order valence-electron chi connectivity index (χ2n) is 6.47. The van der Waals surface area contributed by atoms with Gasteiger partial charge in [-0.25, -0.2) is 4.79 Å². The molecular formula is C20H22ClN3O4. The molecular weight excluding hydrogens is 382 g/mol. The van der Waals surface area contributed by atoms with Gasteiger partial charge in [-0.15, -0.1) is 0 Å². The fraction of sp³-hybridized carbons (Fsp3) is 0.300. The molecule has 0 aromatic heterocycles.